The van der Waals surface area contributed by atoms with Crippen LogP contribution in [0.5, 0.6) is 11.5 Å². The molecule has 0 aliphatic heterocycles. The predicted octanol–water partition coefficient (Wildman–Crippen LogP) is 2.77. The van der Waals surface area contributed by atoms with Gasteiger partial charge in [-0.05, 0) is 6.92 Å². The van der Waals surface area contributed by atoms with E-state index in [0.717, 1.165) is 0 Å². The summed E-state index contributed by atoms with van der Waals surface area (Å²) in [5.41, 5.74) is 2.65. The summed E-state index contributed by atoms with van der Waals surface area (Å²) in [4.78, 5) is 5.93. The molecule has 0 radical (unpaired) electrons. The van der Waals surface area contributed by atoms with Gasteiger partial charge in [0.2, 0.25) is 0 Å². The smallest absolute Gasteiger partial charge is 0.251 e. The zero-order valence-electron chi connectivity index (χ0n) is 19.1. The molecule has 1 heterocycles. The van der Waals surface area contributed by atoms with Crippen LogP contribution in [0.25, 0.3) is 0 Å². The maximum atomic E-state index is 8.95. The Morgan fingerprint density at radius 1 is 0.939 bits per heavy atom. The van der Waals surface area contributed by atoms with Crippen molar-refractivity contribution in [2.75, 3.05) is 78.7 Å². The number of hydroxylamine groups is 1. The summed E-state index contributed by atoms with van der Waals surface area (Å²) in [6, 6.07) is 3.44. The average molecular weight is 486 g/mol. The van der Waals surface area contributed by atoms with Crippen LogP contribution >= 0.6 is 11.3 Å². The molecule has 13 heteroatoms. The number of aromatic nitrogens is 2. The fraction of sp³-hybridized carbons (Fsp3) is 0.600. The van der Waals surface area contributed by atoms with Crippen LogP contribution in [-0.2, 0) is 19.0 Å². The fourth-order valence-electron chi connectivity index (χ4n) is 2.59. The van der Waals surface area contributed by atoms with Crippen molar-refractivity contribution in [1.82, 2.24) is 10.2 Å². The van der Waals surface area contributed by atoms with E-state index >= 15 is 0 Å². The minimum Gasteiger partial charge on any atom is -0.494 e. The van der Waals surface area contributed by atoms with Gasteiger partial charge in [-0.25, -0.2) is 5.06 Å². The summed E-state index contributed by atoms with van der Waals surface area (Å²) in [5, 5.41) is 26.9. The van der Waals surface area contributed by atoms with Gasteiger partial charge < -0.3 is 28.8 Å². The van der Waals surface area contributed by atoms with Crippen molar-refractivity contribution in [3.8, 4) is 11.5 Å². The molecule has 184 valence electrons. The Balaban J connectivity index is 2.14. The number of benzene rings is 1. The zero-order chi connectivity index (χ0) is 23.7. The van der Waals surface area contributed by atoms with Gasteiger partial charge in [0, 0.05) is 18.7 Å². The van der Waals surface area contributed by atoms with Gasteiger partial charge in [-0.3, -0.25) is 4.84 Å². The highest BCUT2D eigenvalue weighted by atomic mass is 32.1. The Labute approximate surface area is 197 Å². The summed E-state index contributed by atoms with van der Waals surface area (Å²) >= 11 is 1.27. The predicted molar refractivity (Wildman–Crippen MR) is 122 cm³/mol. The van der Waals surface area contributed by atoms with Gasteiger partial charge >= 0.3 is 0 Å². The first-order valence-electron chi connectivity index (χ1n) is 10.4. The van der Waals surface area contributed by atoms with Crippen molar-refractivity contribution in [1.29, 1.82) is 0 Å². The second-order valence-electron chi connectivity index (χ2n) is 6.20. The largest absolute Gasteiger partial charge is 0.494 e. The van der Waals surface area contributed by atoms with Crippen LogP contribution in [0.1, 0.15) is 6.92 Å². The summed E-state index contributed by atoms with van der Waals surface area (Å²) < 4.78 is 27.2. The van der Waals surface area contributed by atoms with Gasteiger partial charge in [0.1, 0.15) is 28.4 Å². The van der Waals surface area contributed by atoms with Gasteiger partial charge in [-0.1, -0.05) is 11.3 Å². The lowest BCUT2D eigenvalue weighted by Gasteiger charge is -2.26. The molecule has 1 N–H and O–H groups in total. The number of rotatable bonds is 18. The van der Waals surface area contributed by atoms with Crippen molar-refractivity contribution < 1.29 is 33.6 Å². The molecular formula is C20H31N5O7S. The van der Waals surface area contributed by atoms with Gasteiger partial charge in [0.05, 0.1) is 67.0 Å². The molecule has 0 saturated carbocycles. The first-order chi connectivity index (χ1) is 16.2. The Morgan fingerprint density at radius 3 is 2.39 bits per heavy atom. The standard InChI is InChI=1S/C20H31N5O7S/c1-4-29-9-10-31-11-12-32-25(5-7-30-8-6-26)17-14-18(27-2)16(13-19(17)28-3)22-24-20-23-21-15-33-20/h13-15,26H,4-12H2,1-3H3. The third-order valence-corrected chi connectivity index (χ3v) is 4.64. The van der Waals surface area contributed by atoms with E-state index in [4.69, 9.17) is 33.6 Å². The lowest BCUT2D eigenvalue weighted by molar-refractivity contribution is 0.00421. The summed E-state index contributed by atoms with van der Waals surface area (Å²) in [5.74, 6) is 0.971. The highest BCUT2D eigenvalue weighted by molar-refractivity contribution is 7.13. The van der Waals surface area contributed by atoms with Crippen LogP contribution in [0.15, 0.2) is 27.9 Å². The lowest BCUT2D eigenvalue weighted by atomic mass is 10.2. The van der Waals surface area contributed by atoms with Crippen LogP contribution in [0.4, 0.5) is 16.5 Å². The van der Waals surface area contributed by atoms with E-state index in [0.29, 0.717) is 74.2 Å². The molecule has 0 saturated heterocycles. The maximum Gasteiger partial charge on any atom is 0.251 e. The van der Waals surface area contributed by atoms with E-state index in [1.807, 2.05) is 6.92 Å². The number of aliphatic hydroxyl groups is 1. The highest BCUT2D eigenvalue weighted by Gasteiger charge is 2.18. The summed E-state index contributed by atoms with van der Waals surface area (Å²) in [7, 11) is 3.09. The molecule has 2 aromatic rings. The average Bonchev–Trinajstić information content (AvgIpc) is 3.36. The molecular weight excluding hydrogens is 454 g/mol. The molecule has 0 amide bonds. The Kier molecular flexibility index (Phi) is 13.2. The number of aliphatic hydroxyl groups excluding tert-OH is 1. The number of nitrogens with zero attached hydrogens (tertiary/aromatic N) is 5. The lowest BCUT2D eigenvalue weighted by Crippen LogP contribution is -2.30. The normalized spacial score (nSPS) is 11.3. The van der Waals surface area contributed by atoms with Crippen molar-refractivity contribution in [3.05, 3.63) is 17.6 Å². The molecule has 2 rings (SSSR count). The Morgan fingerprint density at radius 2 is 1.70 bits per heavy atom. The second kappa shape index (κ2) is 16.2. The molecule has 0 unspecified atom stereocenters. The first-order valence-corrected chi connectivity index (χ1v) is 11.3. The monoisotopic (exact) mass is 485 g/mol. The third-order valence-electron chi connectivity index (χ3n) is 4.07. The third kappa shape index (κ3) is 9.53. The van der Waals surface area contributed by atoms with Crippen LogP contribution < -0.4 is 14.5 Å². The number of hydrogen-bond acceptors (Lipinski definition) is 13. The molecule has 0 spiro atoms. The molecule has 0 bridgehead atoms. The maximum absolute atomic E-state index is 8.95. The van der Waals surface area contributed by atoms with Crippen molar-refractivity contribution in [3.63, 3.8) is 0 Å². The number of hydrogen-bond donors (Lipinski definition) is 1. The van der Waals surface area contributed by atoms with Gasteiger partial charge in [-0.2, -0.15) is 0 Å². The molecule has 1 aromatic carbocycles. The SMILES string of the molecule is CCOCCOCCON(CCOCCO)c1cc(OC)c(N=Nc2nncs2)cc1OC. The molecule has 1 aromatic heterocycles. The van der Waals surface area contributed by atoms with Crippen LogP contribution in [0.3, 0.4) is 0 Å². The molecule has 0 atom stereocenters. The fourth-order valence-corrected chi connectivity index (χ4v) is 2.96. The van der Waals surface area contributed by atoms with E-state index in [-0.39, 0.29) is 13.2 Å². The van der Waals surface area contributed by atoms with Gasteiger partial charge in [0.15, 0.2) is 0 Å². The van der Waals surface area contributed by atoms with E-state index < -0.39 is 0 Å². The number of methoxy groups -OCH3 is 2. The second-order valence-corrected chi connectivity index (χ2v) is 7.01. The van der Waals surface area contributed by atoms with Gasteiger partial charge in [-0.15, -0.1) is 20.4 Å². The van der Waals surface area contributed by atoms with E-state index in [1.54, 1.807) is 29.8 Å². The number of anilines is 1. The minimum absolute atomic E-state index is 0.0556. The molecule has 0 aliphatic carbocycles. The topological polar surface area (TPSA) is 129 Å². The summed E-state index contributed by atoms with van der Waals surface area (Å²) in [6.07, 6.45) is 0. The van der Waals surface area contributed by atoms with E-state index in [1.165, 1.54) is 18.4 Å². The minimum atomic E-state index is -0.0556. The zero-order valence-corrected chi connectivity index (χ0v) is 20.0. The highest BCUT2D eigenvalue weighted by Crippen LogP contribution is 2.40. The van der Waals surface area contributed by atoms with E-state index in [9.17, 15) is 0 Å². The van der Waals surface area contributed by atoms with Crippen LogP contribution in [0.2, 0.25) is 0 Å². The molecule has 0 aliphatic rings. The van der Waals surface area contributed by atoms with Crippen molar-refractivity contribution in [2.24, 2.45) is 10.2 Å². The van der Waals surface area contributed by atoms with Crippen LogP contribution in [-0.4, -0.2) is 88.9 Å². The van der Waals surface area contributed by atoms with Crippen LogP contribution in [0, 0.1) is 0 Å². The van der Waals surface area contributed by atoms with Gasteiger partial charge in [0.25, 0.3) is 5.13 Å². The van der Waals surface area contributed by atoms with Crippen molar-refractivity contribution >= 4 is 27.8 Å². The number of azo groups is 1. The first kappa shape index (κ1) is 26.8. The Bertz CT molecular complexity index is 810. The summed E-state index contributed by atoms with van der Waals surface area (Å²) in [6.45, 7) is 5.18. The molecule has 33 heavy (non-hydrogen) atoms. The van der Waals surface area contributed by atoms with Crippen molar-refractivity contribution in [2.45, 2.75) is 6.92 Å². The number of ether oxygens (including phenoxy) is 5. The quantitative estimate of drug-likeness (QED) is 0.191. The molecule has 0 fully saturated rings. The Hall–Kier alpha value is -2.42. The van der Waals surface area contributed by atoms with E-state index in [2.05, 4.69) is 20.4 Å². The molecule has 12 nitrogen and oxygen atoms in total.